The van der Waals surface area contributed by atoms with Crippen LogP contribution in [0.1, 0.15) is 201 Å². The molecule has 0 bridgehead atoms. The third-order valence-corrected chi connectivity index (χ3v) is 7.64. The predicted molar refractivity (Wildman–Crippen MR) is 151 cm³/mol. The maximum atomic E-state index is 10.7. The van der Waals surface area contributed by atoms with Crippen molar-refractivity contribution in [2.45, 2.75) is 206 Å². The number of unbranched alkanes of at least 4 members (excludes halogenated alkanes) is 24. The standard InChI is InChI=1S/C32H66O/c1-4-6-8-10-12-14-16-18-19-21-23-25-27-29-31-32(3,33)30-28-26-24-22-20-17-15-13-11-9-7-5-2/h33H,4-31H2,1-3H3. The maximum Gasteiger partial charge on any atom is 0.0619 e. The van der Waals surface area contributed by atoms with Crippen LogP contribution in [0.25, 0.3) is 0 Å². The van der Waals surface area contributed by atoms with Crippen LogP contribution in [-0.2, 0) is 0 Å². The van der Waals surface area contributed by atoms with Gasteiger partial charge in [0.1, 0.15) is 0 Å². The van der Waals surface area contributed by atoms with E-state index in [4.69, 9.17) is 0 Å². The molecule has 0 saturated heterocycles. The van der Waals surface area contributed by atoms with Crippen LogP contribution < -0.4 is 0 Å². The minimum atomic E-state index is -0.421. The largest absolute Gasteiger partial charge is 0.390 e. The molecular formula is C32H66O. The van der Waals surface area contributed by atoms with E-state index < -0.39 is 5.60 Å². The van der Waals surface area contributed by atoms with Gasteiger partial charge in [-0.1, -0.05) is 181 Å². The molecule has 0 aromatic heterocycles. The topological polar surface area (TPSA) is 20.2 Å². The molecule has 0 aromatic carbocycles. The van der Waals surface area contributed by atoms with Crippen LogP contribution in [0.15, 0.2) is 0 Å². The summed E-state index contributed by atoms with van der Waals surface area (Å²) in [7, 11) is 0. The molecule has 1 N–H and O–H groups in total. The summed E-state index contributed by atoms with van der Waals surface area (Å²) in [5.74, 6) is 0. The third-order valence-electron chi connectivity index (χ3n) is 7.64. The SMILES string of the molecule is CCCCCCCCCCCCCCCCC(C)(O)CCCCCCCCCCCCCC. The summed E-state index contributed by atoms with van der Waals surface area (Å²) in [5, 5.41) is 10.7. The molecule has 0 spiro atoms. The average Bonchev–Trinajstić information content (AvgIpc) is 2.80. The Morgan fingerprint density at radius 1 is 0.333 bits per heavy atom. The second kappa shape index (κ2) is 26.6. The van der Waals surface area contributed by atoms with Crippen molar-refractivity contribution in [3.63, 3.8) is 0 Å². The zero-order chi connectivity index (χ0) is 24.3. The van der Waals surface area contributed by atoms with Crippen LogP contribution in [0.5, 0.6) is 0 Å². The molecule has 0 aliphatic carbocycles. The molecule has 1 unspecified atom stereocenters. The van der Waals surface area contributed by atoms with E-state index >= 15 is 0 Å². The van der Waals surface area contributed by atoms with Crippen molar-refractivity contribution >= 4 is 0 Å². The number of rotatable bonds is 28. The molecule has 1 heteroatoms. The van der Waals surface area contributed by atoms with E-state index in [9.17, 15) is 5.11 Å². The Balaban J connectivity index is 3.28. The Labute approximate surface area is 211 Å². The van der Waals surface area contributed by atoms with Crippen molar-refractivity contribution in [1.29, 1.82) is 0 Å². The van der Waals surface area contributed by atoms with Gasteiger partial charge in [0, 0.05) is 0 Å². The summed E-state index contributed by atoms with van der Waals surface area (Å²) in [5.41, 5.74) is -0.421. The van der Waals surface area contributed by atoms with E-state index in [-0.39, 0.29) is 0 Å². The van der Waals surface area contributed by atoms with E-state index in [1.54, 1.807) is 0 Å². The first-order chi connectivity index (χ1) is 16.1. The molecule has 1 atom stereocenters. The van der Waals surface area contributed by atoms with Crippen molar-refractivity contribution in [2.24, 2.45) is 0 Å². The van der Waals surface area contributed by atoms with Crippen molar-refractivity contribution < 1.29 is 5.11 Å². The monoisotopic (exact) mass is 467 g/mol. The van der Waals surface area contributed by atoms with Crippen LogP contribution in [0.4, 0.5) is 0 Å². The molecule has 33 heavy (non-hydrogen) atoms. The molecule has 0 rings (SSSR count). The van der Waals surface area contributed by atoms with E-state index in [1.807, 2.05) is 0 Å². The Morgan fingerprint density at radius 3 is 0.727 bits per heavy atom. The molecule has 0 aliphatic heterocycles. The first-order valence-electron chi connectivity index (χ1n) is 15.8. The van der Waals surface area contributed by atoms with Crippen molar-refractivity contribution in [3.05, 3.63) is 0 Å². The van der Waals surface area contributed by atoms with Crippen molar-refractivity contribution in [1.82, 2.24) is 0 Å². The fourth-order valence-corrected chi connectivity index (χ4v) is 5.17. The third kappa shape index (κ3) is 28.1. The predicted octanol–water partition coefficient (Wildman–Crippen LogP) is 11.7. The van der Waals surface area contributed by atoms with Gasteiger partial charge in [0.25, 0.3) is 0 Å². The molecule has 0 aliphatic rings. The number of hydrogen-bond acceptors (Lipinski definition) is 1. The lowest BCUT2D eigenvalue weighted by Crippen LogP contribution is -2.23. The van der Waals surface area contributed by atoms with Crippen LogP contribution in [0, 0.1) is 0 Å². The second-order valence-corrected chi connectivity index (χ2v) is 11.5. The minimum Gasteiger partial charge on any atom is -0.390 e. The summed E-state index contributed by atoms with van der Waals surface area (Å²) in [6.07, 6.45) is 38.3. The van der Waals surface area contributed by atoms with E-state index in [0.717, 1.165) is 12.8 Å². The molecule has 200 valence electrons. The molecule has 0 fully saturated rings. The van der Waals surface area contributed by atoms with Gasteiger partial charge in [0.15, 0.2) is 0 Å². The summed E-state index contributed by atoms with van der Waals surface area (Å²) >= 11 is 0. The molecule has 0 heterocycles. The van der Waals surface area contributed by atoms with Gasteiger partial charge in [-0.15, -0.1) is 0 Å². The first-order valence-corrected chi connectivity index (χ1v) is 15.8. The van der Waals surface area contributed by atoms with Gasteiger partial charge in [-0.25, -0.2) is 0 Å². The highest BCUT2D eigenvalue weighted by Gasteiger charge is 2.18. The highest BCUT2D eigenvalue weighted by Crippen LogP contribution is 2.23. The molecular weight excluding hydrogens is 400 g/mol. The highest BCUT2D eigenvalue weighted by atomic mass is 16.3. The summed E-state index contributed by atoms with van der Waals surface area (Å²) < 4.78 is 0. The summed E-state index contributed by atoms with van der Waals surface area (Å²) in [6.45, 7) is 6.66. The van der Waals surface area contributed by atoms with Crippen molar-refractivity contribution in [3.8, 4) is 0 Å². The van der Waals surface area contributed by atoms with Crippen molar-refractivity contribution in [2.75, 3.05) is 0 Å². The lowest BCUT2D eigenvalue weighted by atomic mass is 9.91. The molecule has 0 radical (unpaired) electrons. The molecule has 0 amide bonds. The minimum absolute atomic E-state index is 0.421. The normalized spacial score (nSPS) is 13.5. The van der Waals surface area contributed by atoms with Gasteiger partial charge in [-0.2, -0.15) is 0 Å². The van der Waals surface area contributed by atoms with Gasteiger partial charge in [0.2, 0.25) is 0 Å². The zero-order valence-electron chi connectivity index (χ0n) is 23.7. The fourth-order valence-electron chi connectivity index (χ4n) is 5.17. The van der Waals surface area contributed by atoms with Crippen LogP contribution in [0.2, 0.25) is 0 Å². The Kier molecular flexibility index (Phi) is 26.5. The summed E-state index contributed by atoms with van der Waals surface area (Å²) in [6, 6.07) is 0. The smallest absolute Gasteiger partial charge is 0.0619 e. The Hall–Kier alpha value is -0.0400. The van der Waals surface area contributed by atoms with Crippen LogP contribution >= 0.6 is 0 Å². The van der Waals surface area contributed by atoms with Gasteiger partial charge < -0.3 is 5.11 Å². The van der Waals surface area contributed by atoms with E-state index in [2.05, 4.69) is 20.8 Å². The average molecular weight is 467 g/mol. The van der Waals surface area contributed by atoms with Crippen LogP contribution in [-0.4, -0.2) is 10.7 Å². The maximum absolute atomic E-state index is 10.7. The van der Waals surface area contributed by atoms with Gasteiger partial charge >= 0.3 is 0 Å². The first kappa shape index (κ1) is 33.0. The molecule has 0 saturated carbocycles. The molecule has 0 aromatic rings. The lowest BCUT2D eigenvalue weighted by Gasteiger charge is -2.23. The fraction of sp³-hybridized carbons (Fsp3) is 1.00. The van der Waals surface area contributed by atoms with E-state index in [1.165, 1.54) is 167 Å². The van der Waals surface area contributed by atoms with Crippen LogP contribution in [0.3, 0.4) is 0 Å². The summed E-state index contributed by atoms with van der Waals surface area (Å²) in [4.78, 5) is 0. The Morgan fingerprint density at radius 2 is 0.515 bits per heavy atom. The lowest BCUT2D eigenvalue weighted by molar-refractivity contribution is 0.0366. The zero-order valence-corrected chi connectivity index (χ0v) is 23.7. The number of hydrogen-bond donors (Lipinski definition) is 1. The number of aliphatic hydroxyl groups is 1. The second-order valence-electron chi connectivity index (χ2n) is 11.5. The molecule has 1 nitrogen and oxygen atoms in total. The van der Waals surface area contributed by atoms with Gasteiger partial charge in [0.05, 0.1) is 5.60 Å². The quantitative estimate of drug-likeness (QED) is 0.114. The Bertz CT molecular complexity index is 348. The van der Waals surface area contributed by atoms with Gasteiger partial charge in [-0.3, -0.25) is 0 Å². The van der Waals surface area contributed by atoms with Gasteiger partial charge in [-0.05, 0) is 19.8 Å². The highest BCUT2D eigenvalue weighted by molar-refractivity contribution is 4.72. The van der Waals surface area contributed by atoms with E-state index in [0.29, 0.717) is 0 Å².